The minimum Gasteiger partial charge on any atom is -1.00 e. The topological polar surface area (TPSA) is 9.23 Å². The van der Waals surface area contributed by atoms with Crippen molar-refractivity contribution in [2.24, 2.45) is 0 Å². The standard InChI is InChI=1S/C15H16OS.ClH/c1-16-15-9-7-14(8-10-15)12-17-11-13-5-3-2-4-6-13;/h2-10H,11-12H2,1H3;1H. The van der Waals surface area contributed by atoms with Crippen LogP contribution < -0.4 is 17.1 Å². The zero-order chi connectivity index (χ0) is 11.9. The minimum atomic E-state index is 0. The number of ether oxygens (including phenoxy) is 1. The summed E-state index contributed by atoms with van der Waals surface area (Å²) in [5, 5.41) is 0. The fourth-order valence-electron chi connectivity index (χ4n) is 1.63. The summed E-state index contributed by atoms with van der Waals surface area (Å²) >= 11 is 1.44. The molecule has 3 heteroatoms. The molecule has 0 aromatic heterocycles. The Morgan fingerprint density at radius 3 is 1.94 bits per heavy atom. The van der Waals surface area contributed by atoms with Crippen molar-refractivity contribution in [2.45, 2.75) is 11.5 Å². The Balaban J connectivity index is 0.00000162. The Morgan fingerprint density at radius 1 is 0.833 bits per heavy atom. The molecule has 96 valence electrons. The molecular weight excluding hydrogens is 264 g/mol. The lowest BCUT2D eigenvalue weighted by atomic mass is 10.2. The summed E-state index contributed by atoms with van der Waals surface area (Å²) in [6.07, 6.45) is 0. The lowest BCUT2D eigenvalue weighted by Crippen LogP contribution is -3.00. The number of methoxy groups -OCH3 is 1. The number of hydrogen-bond acceptors (Lipinski definition) is 1. The molecule has 0 unspecified atom stereocenters. The molecular formula is C15H17ClOS. The van der Waals surface area contributed by atoms with Crippen LogP contribution in [-0.4, -0.2) is 7.11 Å². The van der Waals surface area contributed by atoms with E-state index in [9.17, 15) is 0 Å². The first-order valence-corrected chi connectivity index (χ1v) is 6.95. The number of benzene rings is 2. The first-order chi connectivity index (χ1) is 8.38. The third kappa shape index (κ3) is 4.63. The summed E-state index contributed by atoms with van der Waals surface area (Å²) in [6, 6.07) is 18.9. The molecule has 2 aromatic rings. The van der Waals surface area contributed by atoms with Gasteiger partial charge in [-0.15, -0.1) is 0 Å². The van der Waals surface area contributed by atoms with E-state index < -0.39 is 0 Å². The van der Waals surface area contributed by atoms with Gasteiger partial charge < -0.3 is 17.1 Å². The molecule has 0 aliphatic heterocycles. The Labute approximate surface area is 119 Å². The zero-order valence-corrected chi connectivity index (χ0v) is 12.0. The van der Waals surface area contributed by atoms with Gasteiger partial charge in [0.25, 0.3) is 0 Å². The SMILES string of the molecule is COc1ccc(C[SH+]Cc2ccccc2)cc1.[Cl-]. The van der Waals surface area contributed by atoms with Gasteiger partial charge in [0.05, 0.1) is 7.11 Å². The van der Waals surface area contributed by atoms with Gasteiger partial charge in [-0.05, 0) is 23.9 Å². The largest absolute Gasteiger partial charge is 1.00 e. The molecule has 0 atom stereocenters. The quantitative estimate of drug-likeness (QED) is 0.562. The van der Waals surface area contributed by atoms with Gasteiger partial charge in [0.15, 0.2) is 0 Å². The van der Waals surface area contributed by atoms with Gasteiger partial charge in [-0.3, -0.25) is 0 Å². The van der Waals surface area contributed by atoms with Crippen LogP contribution in [0.1, 0.15) is 11.1 Å². The second-order valence-corrected chi connectivity index (χ2v) is 4.95. The van der Waals surface area contributed by atoms with Gasteiger partial charge in [0.1, 0.15) is 17.3 Å². The van der Waals surface area contributed by atoms with Crippen LogP contribution in [0.4, 0.5) is 0 Å². The summed E-state index contributed by atoms with van der Waals surface area (Å²) in [5.74, 6) is 3.14. The van der Waals surface area contributed by atoms with Crippen molar-refractivity contribution >= 4 is 11.8 Å². The highest BCUT2D eigenvalue weighted by atomic mass is 35.5. The molecule has 0 spiro atoms. The van der Waals surface area contributed by atoms with Crippen LogP contribution >= 0.6 is 0 Å². The fraction of sp³-hybridized carbons (Fsp3) is 0.200. The van der Waals surface area contributed by atoms with Gasteiger partial charge in [-0.1, -0.05) is 42.5 Å². The van der Waals surface area contributed by atoms with E-state index in [-0.39, 0.29) is 12.4 Å². The summed E-state index contributed by atoms with van der Waals surface area (Å²) in [7, 11) is 1.70. The summed E-state index contributed by atoms with van der Waals surface area (Å²) in [5.41, 5.74) is 2.77. The van der Waals surface area contributed by atoms with Crippen molar-refractivity contribution in [1.29, 1.82) is 0 Å². The molecule has 0 aliphatic rings. The first-order valence-electron chi connectivity index (χ1n) is 5.68. The average molecular weight is 281 g/mol. The van der Waals surface area contributed by atoms with Crippen molar-refractivity contribution in [1.82, 2.24) is 0 Å². The predicted molar refractivity (Wildman–Crippen MR) is 75.6 cm³/mol. The molecule has 0 bridgehead atoms. The van der Waals surface area contributed by atoms with Crippen LogP contribution in [0.5, 0.6) is 5.75 Å². The van der Waals surface area contributed by atoms with Crippen LogP contribution in [0.2, 0.25) is 0 Å². The van der Waals surface area contributed by atoms with Crippen LogP contribution in [0.3, 0.4) is 0 Å². The van der Waals surface area contributed by atoms with Crippen molar-refractivity contribution in [3.05, 3.63) is 65.7 Å². The lowest BCUT2D eigenvalue weighted by molar-refractivity contribution is -0.00000375. The highest BCUT2D eigenvalue weighted by Crippen LogP contribution is 2.12. The zero-order valence-electron chi connectivity index (χ0n) is 10.3. The molecule has 2 aromatic carbocycles. The molecule has 1 nitrogen and oxygen atoms in total. The highest BCUT2D eigenvalue weighted by Gasteiger charge is 2.02. The van der Waals surface area contributed by atoms with E-state index >= 15 is 0 Å². The average Bonchev–Trinajstić information content (AvgIpc) is 2.41. The molecule has 2 rings (SSSR count). The van der Waals surface area contributed by atoms with Crippen LogP contribution in [0.15, 0.2) is 54.6 Å². The van der Waals surface area contributed by atoms with Gasteiger partial charge in [0, 0.05) is 11.1 Å². The number of thiol groups is 1. The van der Waals surface area contributed by atoms with Crippen LogP contribution in [0, 0.1) is 0 Å². The van der Waals surface area contributed by atoms with Gasteiger partial charge in [0.2, 0.25) is 0 Å². The number of hydrogen-bond donors (Lipinski definition) is 0. The molecule has 0 heterocycles. The van der Waals surface area contributed by atoms with E-state index in [1.54, 1.807) is 7.11 Å². The van der Waals surface area contributed by atoms with Crippen LogP contribution in [-0.2, 0) is 23.3 Å². The number of halogens is 1. The Bertz CT molecular complexity index is 442. The third-order valence-corrected chi connectivity index (χ3v) is 3.77. The smallest absolute Gasteiger partial charge is 0.131 e. The van der Waals surface area contributed by atoms with E-state index in [4.69, 9.17) is 4.74 Å². The normalized spacial score (nSPS) is 9.61. The molecule has 0 amide bonds. The maximum absolute atomic E-state index is 5.14. The molecule has 0 fully saturated rings. The second-order valence-electron chi connectivity index (χ2n) is 3.87. The fourth-order valence-corrected chi connectivity index (χ4v) is 2.68. The molecule has 18 heavy (non-hydrogen) atoms. The van der Waals surface area contributed by atoms with Crippen molar-refractivity contribution < 1.29 is 17.1 Å². The van der Waals surface area contributed by atoms with Crippen molar-refractivity contribution in [2.75, 3.05) is 7.11 Å². The molecule has 0 saturated heterocycles. The summed E-state index contributed by atoms with van der Waals surface area (Å²) in [6.45, 7) is 0. The van der Waals surface area contributed by atoms with E-state index in [1.165, 1.54) is 22.9 Å². The first kappa shape index (κ1) is 14.9. The van der Waals surface area contributed by atoms with Gasteiger partial charge >= 0.3 is 0 Å². The highest BCUT2D eigenvalue weighted by molar-refractivity contribution is 7.76. The van der Waals surface area contributed by atoms with E-state index in [2.05, 4.69) is 42.5 Å². The molecule has 0 saturated carbocycles. The van der Waals surface area contributed by atoms with Crippen molar-refractivity contribution in [3.63, 3.8) is 0 Å². The maximum atomic E-state index is 5.14. The second kappa shape index (κ2) is 8.06. The molecule has 0 N–H and O–H groups in total. The third-order valence-electron chi connectivity index (χ3n) is 2.59. The van der Waals surface area contributed by atoms with Gasteiger partial charge in [-0.25, -0.2) is 0 Å². The monoisotopic (exact) mass is 280 g/mol. The summed E-state index contributed by atoms with van der Waals surface area (Å²) < 4.78 is 5.14. The lowest BCUT2D eigenvalue weighted by Gasteiger charge is -2.00. The van der Waals surface area contributed by atoms with E-state index in [1.807, 2.05) is 12.1 Å². The number of rotatable bonds is 5. The van der Waals surface area contributed by atoms with Crippen molar-refractivity contribution in [3.8, 4) is 5.75 Å². The maximum Gasteiger partial charge on any atom is 0.131 e. The Morgan fingerprint density at radius 2 is 1.39 bits per heavy atom. The van der Waals surface area contributed by atoms with E-state index in [0.717, 1.165) is 17.3 Å². The minimum absolute atomic E-state index is 0. The predicted octanol–water partition coefficient (Wildman–Crippen LogP) is 0.214. The Kier molecular flexibility index (Phi) is 6.69. The van der Waals surface area contributed by atoms with E-state index in [0.29, 0.717) is 0 Å². The molecule has 0 radical (unpaired) electrons. The molecule has 0 aliphatic carbocycles. The Hall–Kier alpha value is -1.12. The van der Waals surface area contributed by atoms with Gasteiger partial charge in [-0.2, -0.15) is 0 Å². The van der Waals surface area contributed by atoms with Crippen LogP contribution in [0.25, 0.3) is 0 Å². The summed E-state index contributed by atoms with van der Waals surface area (Å²) in [4.78, 5) is 0.